The van der Waals surface area contributed by atoms with E-state index < -0.39 is 0 Å². The van der Waals surface area contributed by atoms with Crippen molar-refractivity contribution in [3.05, 3.63) is 0 Å². The third kappa shape index (κ3) is 6.19. The molecule has 0 radical (unpaired) electrons. The van der Waals surface area contributed by atoms with Gasteiger partial charge in [0.1, 0.15) is 0 Å². The van der Waals surface area contributed by atoms with E-state index in [0.717, 1.165) is 18.5 Å². The van der Waals surface area contributed by atoms with Gasteiger partial charge in [-0.05, 0) is 38.1 Å². The van der Waals surface area contributed by atoms with Crippen LogP contribution in [0.1, 0.15) is 72.1 Å². The smallest absolute Gasteiger partial charge is 0.0221 e. The third-order valence-electron chi connectivity index (χ3n) is 4.11. The lowest BCUT2D eigenvalue weighted by Gasteiger charge is -2.31. The fourth-order valence-corrected chi connectivity index (χ4v) is 2.70. The molecule has 0 saturated heterocycles. The normalized spacial score (nSPS) is 17.7. The lowest BCUT2D eigenvalue weighted by atomic mass is 10.0. The van der Waals surface area contributed by atoms with E-state index in [9.17, 15) is 0 Å². The highest BCUT2D eigenvalue weighted by atomic mass is 15.2. The first-order chi connectivity index (χ1) is 8.69. The van der Waals surface area contributed by atoms with Crippen LogP contribution in [0, 0.1) is 5.92 Å². The summed E-state index contributed by atoms with van der Waals surface area (Å²) in [6.07, 6.45) is 10.9. The summed E-state index contributed by atoms with van der Waals surface area (Å²) in [6, 6.07) is 1.51. The van der Waals surface area contributed by atoms with Gasteiger partial charge in [0.25, 0.3) is 0 Å². The van der Waals surface area contributed by atoms with Crippen molar-refractivity contribution >= 4 is 0 Å². The molecule has 18 heavy (non-hydrogen) atoms. The zero-order valence-corrected chi connectivity index (χ0v) is 12.8. The fourth-order valence-electron chi connectivity index (χ4n) is 2.70. The van der Waals surface area contributed by atoms with Crippen molar-refractivity contribution in [2.45, 2.75) is 84.2 Å². The van der Waals surface area contributed by atoms with Gasteiger partial charge in [0.2, 0.25) is 0 Å². The van der Waals surface area contributed by atoms with Crippen molar-refractivity contribution in [2.24, 2.45) is 11.7 Å². The Morgan fingerprint density at radius 2 is 1.83 bits per heavy atom. The molecular weight excluding hydrogens is 220 g/mol. The van der Waals surface area contributed by atoms with Gasteiger partial charge < -0.3 is 5.73 Å². The standard InChI is InChI=1S/C16H34N2/c1-4-5-6-7-8-16(13-17)18(15-9-10-15)12-11-14(2)3/h14-16H,4-13,17H2,1-3H3. The van der Waals surface area contributed by atoms with Crippen LogP contribution in [-0.2, 0) is 0 Å². The van der Waals surface area contributed by atoms with E-state index in [-0.39, 0.29) is 0 Å². The number of nitrogens with zero attached hydrogens (tertiary/aromatic N) is 1. The Balaban J connectivity index is 2.32. The van der Waals surface area contributed by atoms with Gasteiger partial charge in [0, 0.05) is 18.6 Å². The van der Waals surface area contributed by atoms with Crippen LogP contribution in [0.4, 0.5) is 0 Å². The molecule has 1 aliphatic rings. The Labute approximate surface area is 114 Å². The van der Waals surface area contributed by atoms with Crippen LogP contribution in [0.2, 0.25) is 0 Å². The molecule has 1 aliphatic carbocycles. The van der Waals surface area contributed by atoms with Gasteiger partial charge in [0.05, 0.1) is 0 Å². The van der Waals surface area contributed by atoms with Gasteiger partial charge in [-0.25, -0.2) is 0 Å². The van der Waals surface area contributed by atoms with E-state index in [1.54, 1.807) is 0 Å². The molecular formula is C16H34N2. The van der Waals surface area contributed by atoms with Crippen molar-refractivity contribution in [3.8, 4) is 0 Å². The van der Waals surface area contributed by atoms with Crippen LogP contribution in [0.5, 0.6) is 0 Å². The second-order valence-electron chi connectivity index (χ2n) is 6.39. The molecule has 1 rings (SSSR count). The van der Waals surface area contributed by atoms with Crippen LogP contribution < -0.4 is 5.73 Å². The first-order valence-corrected chi connectivity index (χ1v) is 8.14. The fraction of sp³-hybridized carbons (Fsp3) is 1.00. The predicted octanol–water partition coefficient (Wildman–Crippen LogP) is 3.79. The average Bonchev–Trinajstić information content (AvgIpc) is 3.16. The summed E-state index contributed by atoms with van der Waals surface area (Å²) < 4.78 is 0. The predicted molar refractivity (Wildman–Crippen MR) is 80.8 cm³/mol. The Morgan fingerprint density at radius 3 is 2.33 bits per heavy atom. The van der Waals surface area contributed by atoms with Crippen molar-refractivity contribution in [3.63, 3.8) is 0 Å². The minimum Gasteiger partial charge on any atom is -0.329 e. The molecule has 0 amide bonds. The lowest BCUT2D eigenvalue weighted by Crippen LogP contribution is -2.43. The molecule has 0 aromatic heterocycles. The van der Waals surface area contributed by atoms with E-state index >= 15 is 0 Å². The summed E-state index contributed by atoms with van der Waals surface area (Å²) >= 11 is 0. The second-order valence-corrected chi connectivity index (χ2v) is 6.39. The Morgan fingerprint density at radius 1 is 1.11 bits per heavy atom. The van der Waals surface area contributed by atoms with Gasteiger partial charge in [-0.15, -0.1) is 0 Å². The Bertz CT molecular complexity index is 199. The van der Waals surface area contributed by atoms with Crippen molar-refractivity contribution in [1.29, 1.82) is 0 Å². The monoisotopic (exact) mass is 254 g/mol. The van der Waals surface area contributed by atoms with E-state index in [0.29, 0.717) is 6.04 Å². The molecule has 2 nitrogen and oxygen atoms in total. The van der Waals surface area contributed by atoms with Gasteiger partial charge in [-0.3, -0.25) is 4.90 Å². The highest BCUT2D eigenvalue weighted by Crippen LogP contribution is 2.30. The first kappa shape index (κ1) is 16.0. The molecule has 2 heteroatoms. The van der Waals surface area contributed by atoms with Crippen LogP contribution in [0.15, 0.2) is 0 Å². The molecule has 1 atom stereocenters. The summed E-state index contributed by atoms with van der Waals surface area (Å²) in [4.78, 5) is 2.73. The number of unbranched alkanes of at least 4 members (excludes halogenated alkanes) is 3. The lowest BCUT2D eigenvalue weighted by molar-refractivity contribution is 0.168. The largest absolute Gasteiger partial charge is 0.329 e. The van der Waals surface area contributed by atoms with Gasteiger partial charge in [-0.1, -0.05) is 46.5 Å². The van der Waals surface area contributed by atoms with Gasteiger partial charge >= 0.3 is 0 Å². The van der Waals surface area contributed by atoms with E-state index in [1.807, 2.05) is 0 Å². The van der Waals surface area contributed by atoms with Crippen molar-refractivity contribution in [2.75, 3.05) is 13.1 Å². The quantitative estimate of drug-likeness (QED) is 0.568. The molecule has 1 unspecified atom stereocenters. The minimum atomic E-state index is 0.646. The molecule has 0 heterocycles. The van der Waals surface area contributed by atoms with Gasteiger partial charge in [-0.2, -0.15) is 0 Å². The molecule has 0 aromatic rings. The van der Waals surface area contributed by atoms with Crippen LogP contribution >= 0.6 is 0 Å². The topological polar surface area (TPSA) is 29.3 Å². The molecule has 1 saturated carbocycles. The number of hydrogen-bond donors (Lipinski definition) is 1. The minimum absolute atomic E-state index is 0.646. The summed E-state index contributed by atoms with van der Waals surface area (Å²) in [5.74, 6) is 0.810. The molecule has 0 bridgehead atoms. The van der Waals surface area contributed by atoms with E-state index in [4.69, 9.17) is 5.73 Å². The van der Waals surface area contributed by atoms with E-state index in [1.165, 1.54) is 57.9 Å². The third-order valence-corrected chi connectivity index (χ3v) is 4.11. The van der Waals surface area contributed by atoms with E-state index in [2.05, 4.69) is 25.7 Å². The maximum atomic E-state index is 6.02. The maximum Gasteiger partial charge on any atom is 0.0221 e. The zero-order valence-electron chi connectivity index (χ0n) is 12.8. The number of rotatable bonds is 11. The molecule has 1 fully saturated rings. The summed E-state index contributed by atoms with van der Waals surface area (Å²) in [7, 11) is 0. The molecule has 0 aliphatic heterocycles. The SMILES string of the molecule is CCCCCCC(CN)N(CCC(C)C)C1CC1. The number of nitrogens with two attached hydrogens (primary N) is 1. The summed E-state index contributed by atoms with van der Waals surface area (Å²) in [5.41, 5.74) is 6.02. The summed E-state index contributed by atoms with van der Waals surface area (Å²) in [6.45, 7) is 9.03. The van der Waals surface area contributed by atoms with Crippen molar-refractivity contribution < 1.29 is 0 Å². The molecule has 108 valence electrons. The zero-order chi connectivity index (χ0) is 13.4. The van der Waals surface area contributed by atoms with Crippen molar-refractivity contribution in [1.82, 2.24) is 4.90 Å². The highest BCUT2D eigenvalue weighted by molar-refractivity contribution is 4.89. The molecule has 0 spiro atoms. The van der Waals surface area contributed by atoms with Crippen LogP contribution in [-0.4, -0.2) is 30.1 Å². The highest BCUT2D eigenvalue weighted by Gasteiger charge is 2.32. The maximum absolute atomic E-state index is 6.02. The molecule has 0 aromatic carbocycles. The Kier molecular flexibility index (Phi) is 7.92. The number of hydrogen-bond acceptors (Lipinski definition) is 2. The second kappa shape index (κ2) is 8.92. The van der Waals surface area contributed by atoms with Crippen LogP contribution in [0.25, 0.3) is 0 Å². The summed E-state index contributed by atoms with van der Waals surface area (Å²) in [5, 5.41) is 0. The Hall–Kier alpha value is -0.0800. The van der Waals surface area contributed by atoms with Crippen LogP contribution in [0.3, 0.4) is 0 Å². The average molecular weight is 254 g/mol. The molecule has 2 N–H and O–H groups in total. The van der Waals surface area contributed by atoms with Gasteiger partial charge in [0.15, 0.2) is 0 Å². The first-order valence-electron chi connectivity index (χ1n) is 8.14.